The lowest BCUT2D eigenvalue weighted by Crippen LogP contribution is -2.48. The Bertz CT molecular complexity index is 919. The molecule has 4 heterocycles. The van der Waals surface area contributed by atoms with E-state index in [0.717, 1.165) is 54.6 Å². The summed E-state index contributed by atoms with van der Waals surface area (Å²) in [6.45, 7) is 2.77. The van der Waals surface area contributed by atoms with Crippen molar-refractivity contribution in [2.45, 2.75) is 38.6 Å². The molecule has 8 heteroatoms. The summed E-state index contributed by atoms with van der Waals surface area (Å²) in [4.78, 5) is 26.2. The Morgan fingerprint density at radius 2 is 2.29 bits per heavy atom. The van der Waals surface area contributed by atoms with Crippen LogP contribution in [0.1, 0.15) is 32.0 Å². The molecular formula is C16H19N7O. The van der Waals surface area contributed by atoms with Crippen molar-refractivity contribution >= 4 is 33.8 Å². The highest BCUT2D eigenvalue weighted by molar-refractivity contribution is 6.08. The molecule has 8 nitrogen and oxygen atoms in total. The van der Waals surface area contributed by atoms with E-state index in [2.05, 4.69) is 20.2 Å². The first-order valence-corrected chi connectivity index (χ1v) is 8.25. The number of carbonyl (C=O) groups excluding carboxylic acids is 1. The zero-order chi connectivity index (χ0) is 16.7. The predicted octanol–water partition coefficient (Wildman–Crippen LogP) is 1.31. The molecule has 1 fully saturated rings. The van der Waals surface area contributed by atoms with E-state index in [1.165, 1.54) is 0 Å². The first kappa shape index (κ1) is 14.8. The molecule has 24 heavy (non-hydrogen) atoms. The van der Waals surface area contributed by atoms with Gasteiger partial charge in [0.05, 0.1) is 5.39 Å². The molecule has 0 aliphatic carbocycles. The molecule has 0 spiro atoms. The van der Waals surface area contributed by atoms with Crippen LogP contribution in [0.15, 0.2) is 12.3 Å². The van der Waals surface area contributed by atoms with Gasteiger partial charge in [-0.15, -0.1) is 10.2 Å². The number of hydrogen-bond donors (Lipinski definition) is 2. The van der Waals surface area contributed by atoms with Crippen LogP contribution in [-0.4, -0.2) is 43.6 Å². The Labute approximate surface area is 138 Å². The molecule has 1 aliphatic rings. The van der Waals surface area contributed by atoms with Crippen molar-refractivity contribution in [1.82, 2.24) is 25.1 Å². The van der Waals surface area contributed by atoms with Gasteiger partial charge in [-0.3, -0.25) is 4.79 Å². The van der Waals surface area contributed by atoms with Crippen LogP contribution >= 0.6 is 0 Å². The number of nitrogens with one attached hydrogen (secondary N) is 1. The maximum absolute atomic E-state index is 11.9. The molecule has 3 aromatic rings. The molecule has 0 saturated carbocycles. The number of aryl methyl sites for hydroxylation is 1. The maximum Gasteiger partial charge on any atom is 0.240 e. The van der Waals surface area contributed by atoms with Crippen LogP contribution in [0.2, 0.25) is 0 Å². The predicted molar refractivity (Wildman–Crippen MR) is 90.5 cm³/mol. The maximum atomic E-state index is 11.9. The van der Waals surface area contributed by atoms with Crippen LogP contribution in [0.25, 0.3) is 22.1 Å². The van der Waals surface area contributed by atoms with Gasteiger partial charge < -0.3 is 15.6 Å². The van der Waals surface area contributed by atoms with Crippen molar-refractivity contribution in [3.05, 3.63) is 18.1 Å². The number of nitrogens with zero attached hydrogens (tertiary/aromatic N) is 5. The number of nitrogens with two attached hydrogens (primary N) is 1. The molecule has 4 rings (SSSR count). The number of primary amides is 1. The summed E-state index contributed by atoms with van der Waals surface area (Å²) in [5, 5.41) is 10.2. The van der Waals surface area contributed by atoms with Gasteiger partial charge in [-0.1, -0.05) is 6.92 Å². The van der Waals surface area contributed by atoms with Crippen molar-refractivity contribution in [1.29, 1.82) is 0 Å². The number of H-pyrrole nitrogens is 1. The van der Waals surface area contributed by atoms with Crippen LogP contribution in [0.3, 0.4) is 0 Å². The van der Waals surface area contributed by atoms with Gasteiger partial charge in [0.25, 0.3) is 0 Å². The number of hydrogen-bond acceptors (Lipinski definition) is 6. The van der Waals surface area contributed by atoms with Crippen LogP contribution in [0.5, 0.6) is 0 Å². The minimum atomic E-state index is -0.340. The lowest BCUT2D eigenvalue weighted by atomic mass is 10.0. The van der Waals surface area contributed by atoms with E-state index in [9.17, 15) is 4.79 Å². The fraction of sp³-hybridized carbons (Fsp3) is 0.438. The first-order valence-electron chi connectivity index (χ1n) is 8.25. The van der Waals surface area contributed by atoms with Crippen molar-refractivity contribution in [3.8, 4) is 0 Å². The molecule has 0 radical (unpaired) electrons. The van der Waals surface area contributed by atoms with E-state index in [1.807, 2.05) is 17.9 Å². The SMILES string of the molecule is CCc1nc(N2CCCCC2C(N)=O)c2c(nnc3nccc32)[nH]1. The Hall–Kier alpha value is -2.77. The van der Waals surface area contributed by atoms with E-state index in [0.29, 0.717) is 11.3 Å². The largest absolute Gasteiger partial charge is 0.368 e. The molecule has 1 aliphatic heterocycles. The fourth-order valence-corrected chi connectivity index (χ4v) is 3.39. The monoisotopic (exact) mass is 325 g/mol. The van der Waals surface area contributed by atoms with Crippen LogP contribution in [0.4, 0.5) is 5.82 Å². The summed E-state index contributed by atoms with van der Waals surface area (Å²) in [7, 11) is 0. The standard InChI is InChI=1S/C16H19N7O/c1-2-11-19-15-12(9-6-7-18-14(9)21-22-15)16(20-11)23-8-4-3-5-10(23)13(17)24/h6-7,10H,2-5,8H2,1H3,(H2,17,24)(H,19,20,22). The average Bonchev–Trinajstić information content (AvgIpc) is 3.09. The third-order valence-corrected chi connectivity index (χ3v) is 4.60. The second-order valence-electron chi connectivity index (χ2n) is 6.07. The van der Waals surface area contributed by atoms with Gasteiger partial charge in [0.15, 0.2) is 11.3 Å². The molecule has 1 unspecified atom stereocenters. The Morgan fingerprint density at radius 1 is 1.42 bits per heavy atom. The molecule has 1 amide bonds. The molecule has 3 N–H and O–H groups in total. The summed E-state index contributed by atoms with van der Waals surface area (Å²) in [6.07, 6.45) is 5.19. The number of carbonyl (C=O) groups is 1. The van der Waals surface area contributed by atoms with E-state index >= 15 is 0 Å². The number of rotatable bonds is 3. The van der Waals surface area contributed by atoms with E-state index in [1.54, 1.807) is 6.20 Å². The van der Waals surface area contributed by atoms with Gasteiger partial charge in [0.1, 0.15) is 17.7 Å². The van der Waals surface area contributed by atoms with Gasteiger partial charge in [-0.2, -0.15) is 0 Å². The third-order valence-electron chi connectivity index (χ3n) is 4.60. The highest BCUT2D eigenvalue weighted by Gasteiger charge is 2.30. The second kappa shape index (κ2) is 5.70. The molecule has 124 valence electrons. The van der Waals surface area contributed by atoms with Crippen molar-refractivity contribution in [2.75, 3.05) is 11.4 Å². The summed E-state index contributed by atoms with van der Waals surface area (Å²) < 4.78 is 0. The summed E-state index contributed by atoms with van der Waals surface area (Å²) in [5.41, 5.74) is 6.88. The highest BCUT2D eigenvalue weighted by Crippen LogP contribution is 2.32. The minimum absolute atomic E-state index is 0.311. The minimum Gasteiger partial charge on any atom is -0.368 e. The zero-order valence-corrected chi connectivity index (χ0v) is 13.5. The Balaban J connectivity index is 2.01. The smallest absolute Gasteiger partial charge is 0.240 e. The third kappa shape index (κ3) is 2.26. The number of piperidine rings is 1. The van der Waals surface area contributed by atoms with E-state index < -0.39 is 0 Å². The number of amides is 1. The number of aromatic amines is 1. The van der Waals surface area contributed by atoms with E-state index in [-0.39, 0.29) is 11.9 Å². The summed E-state index contributed by atoms with van der Waals surface area (Å²) >= 11 is 0. The quantitative estimate of drug-likeness (QED) is 0.750. The highest BCUT2D eigenvalue weighted by atomic mass is 16.1. The summed E-state index contributed by atoms with van der Waals surface area (Å²) in [6, 6.07) is 1.56. The second-order valence-corrected chi connectivity index (χ2v) is 6.07. The lowest BCUT2D eigenvalue weighted by Gasteiger charge is -2.35. The van der Waals surface area contributed by atoms with Gasteiger partial charge in [0.2, 0.25) is 5.91 Å². The number of anilines is 1. The van der Waals surface area contributed by atoms with Crippen LogP contribution < -0.4 is 10.6 Å². The Kier molecular flexibility index (Phi) is 3.51. The average molecular weight is 325 g/mol. The zero-order valence-electron chi connectivity index (χ0n) is 13.5. The Morgan fingerprint density at radius 3 is 3.08 bits per heavy atom. The first-order chi connectivity index (χ1) is 11.7. The van der Waals surface area contributed by atoms with Crippen LogP contribution in [0, 0.1) is 0 Å². The lowest BCUT2D eigenvalue weighted by molar-refractivity contribution is -0.119. The van der Waals surface area contributed by atoms with Gasteiger partial charge >= 0.3 is 0 Å². The van der Waals surface area contributed by atoms with E-state index in [4.69, 9.17) is 10.7 Å². The summed E-state index contributed by atoms with van der Waals surface area (Å²) in [5.74, 6) is 1.24. The van der Waals surface area contributed by atoms with Gasteiger partial charge in [-0.05, 0) is 25.3 Å². The topological polar surface area (TPSA) is 114 Å². The molecule has 3 aromatic heterocycles. The fourth-order valence-electron chi connectivity index (χ4n) is 3.39. The van der Waals surface area contributed by atoms with Crippen LogP contribution in [-0.2, 0) is 11.2 Å². The molecular weight excluding hydrogens is 306 g/mol. The molecule has 0 bridgehead atoms. The normalized spacial score (nSPS) is 18.4. The van der Waals surface area contributed by atoms with Gasteiger partial charge in [0, 0.05) is 24.5 Å². The number of aromatic nitrogens is 5. The molecule has 1 atom stereocenters. The van der Waals surface area contributed by atoms with Gasteiger partial charge in [-0.25, -0.2) is 9.97 Å². The van der Waals surface area contributed by atoms with Crippen molar-refractivity contribution < 1.29 is 4.79 Å². The van der Waals surface area contributed by atoms with Crippen molar-refractivity contribution in [3.63, 3.8) is 0 Å². The number of fused-ring (bicyclic) bond motifs is 3. The molecule has 1 saturated heterocycles. The molecule has 0 aromatic carbocycles. The van der Waals surface area contributed by atoms with Crippen molar-refractivity contribution in [2.24, 2.45) is 5.73 Å².